The lowest BCUT2D eigenvalue weighted by atomic mass is 9.97. The molecule has 0 aromatic heterocycles. The summed E-state index contributed by atoms with van der Waals surface area (Å²) in [7, 11) is 0. The molecule has 1 saturated heterocycles. The Balaban J connectivity index is 2.01. The number of amides is 1. The summed E-state index contributed by atoms with van der Waals surface area (Å²) in [5, 5.41) is 0. The minimum absolute atomic E-state index is 0.132. The zero-order valence-corrected chi connectivity index (χ0v) is 15.5. The van der Waals surface area contributed by atoms with Gasteiger partial charge >= 0.3 is 12.3 Å². The number of likely N-dealkylation sites (tertiary alicyclic amines) is 1. The molecule has 1 fully saturated rings. The van der Waals surface area contributed by atoms with Gasteiger partial charge in [0.15, 0.2) is 0 Å². The van der Waals surface area contributed by atoms with E-state index in [-0.39, 0.29) is 12.0 Å². The molecule has 1 aliphatic rings. The second-order valence-corrected chi connectivity index (χ2v) is 8.05. The number of halogens is 4. The van der Waals surface area contributed by atoms with Crippen molar-refractivity contribution in [3.8, 4) is 0 Å². The highest BCUT2D eigenvalue weighted by atomic mass is 79.9. The minimum Gasteiger partial charge on any atom is -0.444 e. The first-order chi connectivity index (χ1) is 10.9. The molecule has 3 nitrogen and oxygen atoms in total. The second-order valence-electron chi connectivity index (χ2n) is 7.13. The highest BCUT2D eigenvalue weighted by Crippen LogP contribution is 2.33. The largest absolute Gasteiger partial charge is 0.444 e. The van der Waals surface area contributed by atoms with Crippen molar-refractivity contribution in [2.75, 3.05) is 13.1 Å². The molecule has 0 aliphatic carbocycles. The van der Waals surface area contributed by atoms with Crippen LogP contribution in [-0.4, -0.2) is 29.7 Å². The monoisotopic (exact) mass is 407 g/mol. The average Bonchev–Trinajstić information content (AvgIpc) is 2.83. The zero-order valence-electron chi connectivity index (χ0n) is 13.9. The Hall–Kier alpha value is -1.24. The molecule has 0 N–H and O–H groups in total. The third-order valence-electron chi connectivity index (χ3n) is 3.75. The highest BCUT2D eigenvalue weighted by molar-refractivity contribution is 9.10. The maximum Gasteiger partial charge on any atom is 0.416 e. The van der Waals surface area contributed by atoms with Crippen LogP contribution in [0.5, 0.6) is 0 Å². The molecule has 1 atom stereocenters. The Bertz CT molecular complexity index is 611. The molecular weight excluding hydrogens is 387 g/mol. The Morgan fingerprint density at radius 2 is 1.96 bits per heavy atom. The fourth-order valence-electron chi connectivity index (χ4n) is 2.76. The van der Waals surface area contributed by atoms with Crippen LogP contribution in [-0.2, 0) is 17.3 Å². The Labute approximate surface area is 148 Å². The van der Waals surface area contributed by atoms with Crippen LogP contribution in [0.4, 0.5) is 18.0 Å². The maximum absolute atomic E-state index is 12.9. The molecule has 1 heterocycles. The standard InChI is InChI=1S/C17H21BrF3NO2/c1-16(2,3)24-15(23)22-5-4-11(10-22)6-12-7-13(17(19,20)21)9-14(18)8-12/h7-9,11H,4-6,10H2,1-3H3/t11-/m1/s1. The van der Waals surface area contributed by atoms with Crippen LogP contribution in [0.25, 0.3) is 0 Å². The first kappa shape index (κ1) is 19.1. The Morgan fingerprint density at radius 3 is 2.54 bits per heavy atom. The third-order valence-corrected chi connectivity index (χ3v) is 4.20. The number of carbonyl (C=O) groups excluding carboxylic acids is 1. The van der Waals surface area contributed by atoms with E-state index >= 15 is 0 Å². The van der Waals surface area contributed by atoms with Crippen molar-refractivity contribution >= 4 is 22.0 Å². The number of benzene rings is 1. The van der Waals surface area contributed by atoms with Crippen molar-refractivity contribution in [3.63, 3.8) is 0 Å². The van der Waals surface area contributed by atoms with E-state index in [0.29, 0.717) is 29.5 Å². The van der Waals surface area contributed by atoms with Crippen LogP contribution in [0.15, 0.2) is 22.7 Å². The molecule has 24 heavy (non-hydrogen) atoms. The first-order valence-corrected chi connectivity index (χ1v) is 8.58. The molecule has 7 heteroatoms. The van der Waals surface area contributed by atoms with Crippen LogP contribution in [0.3, 0.4) is 0 Å². The lowest BCUT2D eigenvalue weighted by Crippen LogP contribution is -2.35. The number of alkyl halides is 3. The summed E-state index contributed by atoms with van der Waals surface area (Å²) >= 11 is 3.14. The normalized spacial score (nSPS) is 18.8. The molecule has 0 bridgehead atoms. The van der Waals surface area contributed by atoms with E-state index in [9.17, 15) is 18.0 Å². The molecule has 0 saturated carbocycles. The van der Waals surface area contributed by atoms with Gasteiger partial charge in [-0.2, -0.15) is 13.2 Å². The topological polar surface area (TPSA) is 29.5 Å². The highest BCUT2D eigenvalue weighted by Gasteiger charge is 2.32. The predicted octanol–water partition coefficient (Wildman–Crippen LogP) is 5.27. The number of carbonyl (C=O) groups is 1. The van der Waals surface area contributed by atoms with Gasteiger partial charge in [0.05, 0.1) is 5.56 Å². The third kappa shape index (κ3) is 5.40. The van der Waals surface area contributed by atoms with Gasteiger partial charge in [-0.3, -0.25) is 0 Å². The summed E-state index contributed by atoms with van der Waals surface area (Å²) in [5.74, 6) is 0.132. The fourth-order valence-corrected chi connectivity index (χ4v) is 3.30. The van der Waals surface area contributed by atoms with Crippen LogP contribution >= 0.6 is 15.9 Å². The van der Waals surface area contributed by atoms with Gasteiger partial charge in [0.1, 0.15) is 5.60 Å². The molecule has 1 aromatic rings. The van der Waals surface area contributed by atoms with Gasteiger partial charge in [-0.25, -0.2) is 4.79 Å². The van der Waals surface area contributed by atoms with Gasteiger partial charge < -0.3 is 9.64 Å². The van der Waals surface area contributed by atoms with E-state index in [4.69, 9.17) is 4.74 Å². The lowest BCUT2D eigenvalue weighted by Gasteiger charge is -2.24. The molecule has 1 amide bonds. The van der Waals surface area contributed by atoms with Crippen LogP contribution < -0.4 is 0 Å². The maximum atomic E-state index is 12.9. The molecule has 0 unspecified atom stereocenters. The van der Waals surface area contributed by atoms with Gasteiger partial charge in [0.25, 0.3) is 0 Å². The number of hydrogen-bond acceptors (Lipinski definition) is 2. The van der Waals surface area contributed by atoms with Crippen molar-refractivity contribution in [3.05, 3.63) is 33.8 Å². The molecule has 0 spiro atoms. The van der Waals surface area contributed by atoms with E-state index in [1.165, 1.54) is 6.07 Å². The summed E-state index contributed by atoms with van der Waals surface area (Å²) < 4.78 is 44.4. The van der Waals surface area contributed by atoms with Crippen molar-refractivity contribution in [1.29, 1.82) is 0 Å². The van der Waals surface area contributed by atoms with Gasteiger partial charge in [0, 0.05) is 17.6 Å². The molecular formula is C17H21BrF3NO2. The molecule has 1 aliphatic heterocycles. The Kier molecular flexibility index (Phi) is 5.52. The Morgan fingerprint density at radius 1 is 1.29 bits per heavy atom. The molecule has 134 valence electrons. The van der Waals surface area contributed by atoms with Crippen LogP contribution in [0.2, 0.25) is 0 Å². The van der Waals surface area contributed by atoms with Gasteiger partial charge in [-0.15, -0.1) is 0 Å². The summed E-state index contributed by atoms with van der Waals surface area (Å²) in [4.78, 5) is 13.7. The zero-order chi connectivity index (χ0) is 18.1. The van der Waals surface area contributed by atoms with E-state index in [1.807, 2.05) is 0 Å². The quantitative estimate of drug-likeness (QED) is 0.668. The first-order valence-electron chi connectivity index (χ1n) is 7.78. The van der Waals surface area contributed by atoms with Gasteiger partial charge in [-0.1, -0.05) is 15.9 Å². The fraction of sp³-hybridized carbons (Fsp3) is 0.588. The number of ether oxygens (including phenoxy) is 1. The number of nitrogens with zero attached hydrogens (tertiary/aromatic N) is 1. The van der Waals surface area contributed by atoms with Gasteiger partial charge in [-0.05, 0) is 63.3 Å². The summed E-state index contributed by atoms with van der Waals surface area (Å²) in [5.41, 5.74) is -0.595. The molecule has 1 aromatic carbocycles. The van der Waals surface area contributed by atoms with E-state index in [1.54, 1.807) is 31.7 Å². The molecule has 2 rings (SSSR count). The summed E-state index contributed by atoms with van der Waals surface area (Å²) in [6.45, 7) is 6.48. The lowest BCUT2D eigenvalue weighted by molar-refractivity contribution is -0.137. The summed E-state index contributed by atoms with van der Waals surface area (Å²) in [6.07, 6.45) is -3.47. The van der Waals surface area contributed by atoms with Crippen molar-refractivity contribution < 1.29 is 22.7 Å². The van der Waals surface area contributed by atoms with E-state index < -0.39 is 17.3 Å². The second kappa shape index (κ2) is 6.94. The van der Waals surface area contributed by atoms with E-state index in [2.05, 4.69) is 15.9 Å². The number of hydrogen-bond donors (Lipinski definition) is 0. The number of rotatable bonds is 2. The van der Waals surface area contributed by atoms with Crippen molar-refractivity contribution in [2.24, 2.45) is 5.92 Å². The molecule has 0 radical (unpaired) electrons. The van der Waals surface area contributed by atoms with Crippen molar-refractivity contribution in [2.45, 2.75) is 45.4 Å². The van der Waals surface area contributed by atoms with E-state index in [0.717, 1.165) is 12.5 Å². The minimum atomic E-state index is -4.36. The van der Waals surface area contributed by atoms with Gasteiger partial charge in [0.2, 0.25) is 0 Å². The van der Waals surface area contributed by atoms with Crippen molar-refractivity contribution in [1.82, 2.24) is 4.90 Å². The van der Waals surface area contributed by atoms with Crippen LogP contribution in [0, 0.1) is 5.92 Å². The predicted molar refractivity (Wildman–Crippen MR) is 88.8 cm³/mol. The van der Waals surface area contributed by atoms with Crippen LogP contribution in [0.1, 0.15) is 38.3 Å². The smallest absolute Gasteiger partial charge is 0.416 e. The summed E-state index contributed by atoms with van der Waals surface area (Å²) in [6, 6.07) is 3.96. The SMILES string of the molecule is CC(C)(C)OC(=O)N1CC[C@H](Cc2cc(Br)cc(C(F)(F)F)c2)C1. The average molecular weight is 408 g/mol.